The number of benzene rings is 2. The Bertz CT molecular complexity index is 1220. The van der Waals surface area contributed by atoms with Crippen LogP contribution in [0.2, 0.25) is 0 Å². The monoisotopic (exact) mass is 522 g/mol. The number of halogens is 3. The molecule has 0 unspecified atom stereocenters. The van der Waals surface area contributed by atoms with E-state index in [0.29, 0.717) is 18.2 Å². The Morgan fingerprint density at radius 3 is 2.37 bits per heavy atom. The first-order chi connectivity index (χ1) is 18.2. The number of nitrogens with zero attached hydrogens (tertiary/aromatic N) is 3. The summed E-state index contributed by atoms with van der Waals surface area (Å²) >= 11 is 0. The van der Waals surface area contributed by atoms with Gasteiger partial charge in [0.1, 0.15) is 0 Å². The lowest BCUT2D eigenvalue weighted by atomic mass is 10.0. The predicted molar refractivity (Wildman–Crippen MR) is 145 cm³/mol. The van der Waals surface area contributed by atoms with E-state index in [-0.39, 0.29) is 11.9 Å². The lowest BCUT2D eigenvalue weighted by molar-refractivity contribution is -0.137. The molecule has 0 spiro atoms. The van der Waals surface area contributed by atoms with E-state index in [1.807, 2.05) is 41.3 Å². The summed E-state index contributed by atoms with van der Waals surface area (Å²) in [4.78, 5) is 21.8. The van der Waals surface area contributed by atoms with E-state index in [0.717, 1.165) is 55.0 Å². The van der Waals surface area contributed by atoms with Crippen molar-refractivity contribution in [3.8, 4) is 0 Å². The van der Waals surface area contributed by atoms with Crippen LogP contribution in [0.15, 0.2) is 79.1 Å². The fourth-order valence-corrected chi connectivity index (χ4v) is 4.69. The highest BCUT2D eigenvalue weighted by atomic mass is 19.4. The average Bonchev–Trinajstić information content (AvgIpc) is 2.91. The second-order valence-electron chi connectivity index (χ2n) is 9.84. The summed E-state index contributed by atoms with van der Waals surface area (Å²) in [5.41, 5.74) is 2.66. The van der Waals surface area contributed by atoms with Gasteiger partial charge in [-0.1, -0.05) is 24.3 Å². The van der Waals surface area contributed by atoms with Gasteiger partial charge in [0.25, 0.3) is 0 Å². The highest BCUT2D eigenvalue weighted by Crippen LogP contribution is 2.29. The predicted octanol–water partition coefficient (Wildman–Crippen LogP) is 6.76. The van der Waals surface area contributed by atoms with Gasteiger partial charge in [0.05, 0.1) is 5.56 Å². The van der Waals surface area contributed by atoms with Gasteiger partial charge < -0.3 is 15.1 Å². The maximum Gasteiger partial charge on any atom is 0.416 e. The molecule has 1 aliphatic heterocycles. The zero-order chi connectivity index (χ0) is 27.1. The van der Waals surface area contributed by atoms with Crippen LogP contribution in [0.1, 0.15) is 43.4 Å². The second-order valence-corrected chi connectivity index (χ2v) is 9.84. The number of rotatable bonds is 8. The van der Waals surface area contributed by atoms with Crippen LogP contribution in [0.3, 0.4) is 0 Å². The van der Waals surface area contributed by atoms with Crippen LogP contribution in [0.25, 0.3) is 6.08 Å². The van der Waals surface area contributed by atoms with Gasteiger partial charge in [0.2, 0.25) is 5.91 Å². The number of hydrogen-bond acceptors (Lipinski definition) is 4. The van der Waals surface area contributed by atoms with Gasteiger partial charge in [0, 0.05) is 61.6 Å². The van der Waals surface area contributed by atoms with Crippen molar-refractivity contribution in [1.82, 2.24) is 14.8 Å². The van der Waals surface area contributed by atoms with Gasteiger partial charge in [-0.3, -0.25) is 9.78 Å². The third-order valence-corrected chi connectivity index (χ3v) is 6.86. The van der Waals surface area contributed by atoms with Gasteiger partial charge >= 0.3 is 6.18 Å². The zero-order valence-corrected chi connectivity index (χ0v) is 21.7. The lowest BCUT2D eigenvalue weighted by Crippen LogP contribution is -2.48. The van der Waals surface area contributed by atoms with Crippen molar-refractivity contribution in [3.05, 3.63) is 95.8 Å². The van der Waals surface area contributed by atoms with Crippen molar-refractivity contribution in [3.63, 3.8) is 0 Å². The molecular formula is C30H33F3N4O. The Kier molecular flexibility index (Phi) is 8.84. The number of carbonyl (C=O) groups excluding carboxylic acids is 1. The number of alkyl halides is 3. The molecule has 0 saturated carbocycles. The molecule has 8 heteroatoms. The molecule has 2 heterocycles. The van der Waals surface area contributed by atoms with Crippen LogP contribution in [-0.2, 0) is 17.5 Å². The summed E-state index contributed by atoms with van der Waals surface area (Å²) < 4.78 is 38.7. The van der Waals surface area contributed by atoms with E-state index in [2.05, 4.69) is 29.0 Å². The smallest absolute Gasteiger partial charge is 0.355 e. The molecule has 200 valence electrons. The molecule has 0 radical (unpaired) electrons. The van der Waals surface area contributed by atoms with Crippen molar-refractivity contribution < 1.29 is 18.0 Å². The third-order valence-electron chi connectivity index (χ3n) is 6.86. The SMILES string of the molecule is CC(C)N1CCC(N(Cc2cccc(Nc3ccncc3)c2)C(=O)C=Cc2ccc(C(F)(F)F)cc2)CC1. The average molecular weight is 523 g/mol. The highest BCUT2D eigenvalue weighted by Gasteiger charge is 2.30. The molecule has 0 atom stereocenters. The van der Waals surface area contributed by atoms with Gasteiger partial charge in [-0.05, 0) is 80.3 Å². The van der Waals surface area contributed by atoms with Crippen LogP contribution in [-0.4, -0.2) is 45.9 Å². The molecule has 1 aromatic heterocycles. The quantitative estimate of drug-likeness (QED) is 0.332. The Labute approximate surface area is 222 Å². The van der Waals surface area contributed by atoms with E-state index in [9.17, 15) is 18.0 Å². The van der Waals surface area contributed by atoms with Crippen molar-refractivity contribution in [1.29, 1.82) is 0 Å². The molecule has 1 fully saturated rings. The van der Waals surface area contributed by atoms with E-state index >= 15 is 0 Å². The molecule has 38 heavy (non-hydrogen) atoms. The number of amides is 1. The molecule has 0 bridgehead atoms. The van der Waals surface area contributed by atoms with Crippen LogP contribution in [0.5, 0.6) is 0 Å². The number of piperidine rings is 1. The fraction of sp³-hybridized carbons (Fsp3) is 0.333. The molecule has 5 nitrogen and oxygen atoms in total. The van der Waals surface area contributed by atoms with Crippen LogP contribution >= 0.6 is 0 Å². The van der Waals surface area contributed by atoms with Gasteiger partial charge in [-0.25, -0.2) is 0 Å². The number of likely N-dealkylation sites (tertiary alicyclic amines) is 1. The third kappa shape index (κ3) is 7.44. The molecule has 1 aliphatic rings. The summed E-state index contributed by atoms with van der Waals surface area (Å²) in [5, 5.41) is 3.36. The minimum absolute atomic E-state index is 0.0755. The number of aromatic nitrogens is 1. The Morgan fingerprint density at radius 2 is 1.74 bits per heavy atom. The second kappa shape index (κ2) is 12.3. The first-order valence-electron chi connectivity index (χ1n) is 12.8. The molecule has 1 amide bonds. The molecule has 0 aliphatic carbocycles. The number of hydrogen-bond donors (Lipinski definition) is 1. The summed E-state index contributed by atoms with van der Waals surface area (Å²) in [7, 11) is 0. The van der Waals surface area contributed by atoms with Crippen LogP contribution in [0.4, 0.5) is 24.5 Å². The summed E-state index contributed by atoms with van der Waals surface area (Å²) in [6, 6.07) is 17.1. The maximum absolute atomic E-state index is 13.5. The largest absolute Gasteiger partial charge is 0.416 e. The van der Waals surface area contributed by atoms with Gasteiger partial charge in [-0.2, -0.15) is 13.2 Å². The van der Waals surface area contributed by atoms with Crippen molar-refractivity contribution in [2.24, 2.45) is 0 Å². The molecule has 1 N–H and O–H groups in total. The van der Waals surface area contributed by atoms with Crippen LogP contribution < -0.4 is 5.32 Å². The molecule has 4 rings (SSSR count). The van der Waals surface area contributed by atoms with Crippen molar-refractivity contribution in [2.75, 3.05) is 18.4 Å². The number of carbonyl (C=O) groups is 1. The van der Waals surface area contributed by atoms with Crippen molar-refractivity contribution in [2.45, 2.75) is 51.5 Å². The minimum atomic E-state index is -4.39. The first kappa shape index (κ1) is 27.4. The van der Waals surface area contributed by atoms with Gasteiger partial charge in [-0.15, -0.1) is 0 Å². The molecule has 2 aromatic carbocycles. The zero-order valence-electron chi connectivity index (χ0n) is 21.7. The normalized spacial score (nSPS) is 15.2. The van der Waals surface area contributed by atoms with E-state index in [4.69, 9.17) is 0 Å². The summed E-state index contributed by atoms with van der Waals surface area (Å²) in [6.45, 7) is 6.62. The number of pyridine rings is 1. The van der Waals surface area contributed by atoms with E-state index in [1.165, 1.54) is 18.2 Å². The van der Waals surface area contributed by atoms with Crippen molar-refractivity contribution >= 4 is 23.4 Å². The molecule has 3 aromatic rings. The summed E-state index contributed by atoms with van der Waals surface area (Å²) in [5.74, 6) is -0.152. The van der Waals surface area contributed by atoms with Gasteiger partial charge in [0.15, 0.2) is 0 Å². The Morgan fingerprint density at radius 1 is 1.05 bits per heavy atom. The fourth-order valence-electron chi connectivity index (χ4n) is 4.69. The standard InChI is InChI=1S/C30H33F3N4O/c1-22(2)36-18-14-28(15-19-36)37(29(38)11-8-23-6-9-25(10-7-23)30(31,32)33)21-24-4-3-5-27(20-24)35-26-12-16-34-17-13-26/h3-13,16-17,20,22,28H,14-15,18-19,21H2,1-2H3,(H,34,35). The highest BCUT2D eigenvalue weighted by molar-refractivity contribution is 5.92. The first-order valence-corrected chi connectivity index (χ1v) is 12.8. The minimum Gasteiger partial charge on any atom is -0.355 e. The number of nitrogens with one attached hydrogen (secondary N) is 1. The van der Waals surface area contributed by atoms with Crippen LogP contribution in [0, 0.1) is 0 Å². The molecular weight excluding hydrogens is 489 g/mol. The maximum atomic E-state index is 13.5. The number of anilines is 2. The lowest BCUT2D eigenvalue weighted by Gasteiger charge is -2.39. The summed E-state index contributed by atoms with van der Waals surface area (Å²) in [6.07, 6.45) is 3.84. The van der Waals surface area contributed by atoms with E-state index in [1.54, 1.807) is 18.5 Å². The Balaban J connectivity index is 1.51. The molecule has 1 saturated heterocycles. The topological polar surface area (TPSA) is 48.5 Å². The van der Waals surface area contributed by atoms with E-state index < -0.39 is 11.7 Å². The Hall–Kier alpha value is -3.65.